The molecular formula is C18H20BrN3O3. The number of hydrogen-bond donors (Lipinski definition) is 1. The molecule has 7 heteroatoms. The molecule has 1 atom stereocenters. The summed E-state index contributed by atoms with van der Waals surface area (Å²) in [5.74, 6) is 0.00739. The van der Waals surface area contributed by atoms with E-state index in [2.05, 4.69) is 26.2 Å². The number of carbonyl (C=O) groups excluding carboxylic acids is 2. The third kappa shape index (κ3) is 5.29. The summed E-state index contributed by atoms with van der Waals surface area (Å²) < 4.78 is 5.62. The molecule has 0 aliphatic rings. The van der Waals surface area contributed by atoms with E-state index in [0.717, 1.165) is 10.0 Å². The summed E-state index contributed by atoms with van der Waals surface area (Å²) in [5.41, 5.74) is 1.29. The van der Waals surface area contributed by atoms with Crippen molar-refractivity contribution < 1.29 is 14.3 Å². The van der Waals surface area contributed by atoms with Gasteiger partial charge in [-0.3, -0.25) is 9.59 Å². The number of anilines is 1. The lowest BCUT2D eigenvalue weighted by Crippen LogP contribution is -2.30. The maximum atomic E-state index is 12.6. The van der Waals surface area contributed by atoms with Crippen LogP contribution < -0.4 is 10.2 Å². The fourth-order valence-electron chi connectivity index (χ4n) is 2.27. The number of nitrogens with one attached hydrogen (secondary N) is 1. The van der Waals surface area contributed by atoms with Crippen molar-refractivity contribution in [3.63, 3.8) is 0 Å². The van der Waals surface area contributed by atoms with E-state index < -0.39 is 12.0 Å². The van der Waals surface area contributed by atoms with Crippen molar-refractivity contribution in [2.24, 2.45) is 0 Å². The molecule has 0 aliphatic heterocycles. The second-order valence-corrected chi connectivity index (χ2v) is 6.57. The summed E-state index contributed by atoms with van der Waals surface area (Å²) in [5, 5.41) is 2.90. The van der Waals surface area contributed by atoms with Crippen molar-refractivity contribution in [1.82, 2.24) is 10.3 Å². The molecule has 1 aromatic heterocycles. The summed E-state index contributed by atoms with van der Waals surface area (Å²) in [6.45, 7) is 0. The van der Waals surface area contributed by atoms with Crippen LogP contribution in [0.3, 0.4) is 0 Å². The Labute approximate surface area is 155 Å². The van der Waals surface area contributed by atoms with Gasteiger partial charge in [0.2, 0.25) is 0 Å². The number of amides is 1. The summed E-state index contributed by atoms with van der Waals surface area (Å²) >= 11 is 3.41. The monoisotopic (exact) mass is 405 g/mol. The van der Waals surface area contributed by atoms with Crippen LogP contribution in [0.1, 0.15) is 28.4 Å². The first-order valence-electron chi connectivity index (χ1n) is 7.67. The van der Waals surface area contributed by atoms with Gasteiger partial charge >= 0.3 is 5.97 Å². The number of aromatic nitrogens is 1. The molecular weight excluding hydrogens is 386 g/mol. The van der Waals surface area contributed by atoms with E-state index in [4.69, 9.17) is 4.74 Å². The topological polar surface area (TPSA) is 71.5 Å². The zero-order chi connectivity index (χ0) is 18.4. The van der Waals surface area contributed by atoms with Crippen LogP contribution in [0.15, 0.2) is 47.1 Å². The highest BCUT2D eigenvalue weighted by atomic mass is 79.9. The van der Waals surface area contributed by atoms with Gasteiger partial charge in [0.15, 0.2) is 0 Å². The first kappa shape index (κ1) is 18.9. The van der Waals surface area contributed by atoms with E-state index in [0.29, 0.717) is 11.4 Å². The minimum Gasteiger partial charge on any atom is -0.469 e. The normalized spacial score (nSPS) is 11.5. The fraction of sp³-hybridized carbons (Fsp3) is 0.278. The molecule has 0 fully saturated rings. The highest BCUT2D eigenvalue weighted by Crippen LogP contribution is 2.22. The fourth-order valence-corrected chi connectivity index (χ4v) is 2.69. The Bertz CT molecular complexity index is 765. The average molecular weight is 406 g/mol. The molecule has 0 aliphatic carbocycles. The Morgan fingerprint density at radius 3 is 2.68 bits per heavy atom. The second-order valence-electron chi connectivity index (χ2n) is 5.66. The third-order valence-electron chi connectivity index (χ3n) is 3.62. The van der Waals surface area contributed by atoms with E-state index >= 15 is 0 Å². The largest absolute Gasteiger partial charge is 0.469 e. The molecule has 1 heterocycles. The highest BCUT2D eigenvalue weighted by molar-refractivity contribution is 9.10. The van der Waals surface area contributed by atoms with Gasteiger partial charge in [-0.1, -0.05) is 28.1 Å². The van der Waals surface area contributed by atoms with E-state index in [1.54, 1.807) is 18.3 Å². The molecule has 1 amide bonds. The van der Waals surface area contributed by atoms with Crippen LogP contribution in [0.4, 0.5) is 5.82 Å². The molecule has 0 saturated heterocycles. The van der Waals surface area contributed by atoms with Gasteiger partial charge < -0.3 is 15.0 Å². The zero-order valence-electron chi connectivity index (χ0n) is 14.3. The van der Waals surface area contributed by atoms with Crippen molar-refractivity contribution in [2.75, 3.05) is 26.1 Å². The first-order valence-corrected chi connectivity index (χ1v) is 8.46. The summed E-state index contributed by atoms with van der Waals surface area (Å²) in [4.78, 5) is 30.4. The molecule has 0 radical (unpaired) electrons. The first-order chi connectivity index (χ1) is 11.9. The number of benzene rings is 1. The Balaban J connectivity index is 2.25. The van der Waals surface area contributed by atoms with Crippen LogP contribution in [0.25, 0.3) is 0 Å². The lowest BCUT2D eigenvalue weighted by Gasteiger charge is -2.19. The molecule has 0 bridgehead atoms. The Morgan fingerprint density at radius 1 is 1.28 bits per heavy atom. The van der Waals surface area contributed by atoms with Crippen LogP contribution in [0, 0.1) is 0 Å². The predicted molar refractivity (Wildman–Crippen MR) is 99.5 cm³/mol. The van der Waals surface area contributed by atoms with Gasteiger partial charge in [-0.05, 0) is 29.8 Å². The Hall–Kier alpha value is -2.41. The molecule has 2 aromatic rings. The van der Waals surface area contributed by atoms with Crippen LogP contribution in [0.2, 0.25) is 0 Å². The van der Waals surface area contributed by atoms with Gasteiger partial charge in [-0.2, -0.15) is 0 Å². The summed E-state index contributed by atoms with van der Waals surface area (Å²) in [7, 11) is 5.03. The number of esters is 1. The Kier molecular flexibility index (Phi) is 6.52. The van der Waals surface area contributed by atoms with Gasteiger partial charge in [-0.25, -0.2) is 4.98 Å². The van der Waals surface area contributed by atoms with Gasteiger partial charge in [0.25, 0.3) is 5.91 Å². The highest BCUT2D eigenvalue weighted by Gasteiger charge is 2.20. The van der Waals surface area contributed by atoms with Gasteiger partial charge in [-0.15, -0.1) is 0 Å². The number of halogens is 1. The maximum absolute atomic E-state index is 12.6. The summed E-state index contributed by atoms with van der Waals surface area (Å²) in [6.07, 6.45) is 1.63. The minimum absolute atomic E-state index is 0.0459. The Morgan fingerprint density at radius 2 is 2.04 bits per heavy atom. The maximum Gasteiger partial charge on any atom is 0.307 e. The lowest BCUT2D eigenvalue weighted by molar-refractivity contribution is -0.141. The quantitative estimate of drug-likeness (QED) is 0.747. The average Bonchev–Trinajstić information content (AvgIpc) is 2.61. The third-order valence-corrected chi connectivity index (χ3v) is 4.11. The van der Waals surface area contributed by atoms with Crippen molar-refractivity contribution >= 4 is 33.6 Å². The molecule has 0 spiro atoms. The zero-order valence-corrected chi connectivity index (χ0v) is 15.9. The second kappa shape index (κ2) is 8.62. The van der Waals surface area contributed by atoms with E-state index in [9.17, 15) is 9.59 Å². The number of pyridine rings is 1. The SMILES string of the molecule is COC(=O)CC(NC(=O)c1ccnc(N(C)C)c1)c1cccc(Br)c1. The van der Waals surface area contributed by atoms with Gasteiger partial charge in [0.1, 0.15) is 5.82 Å². The van der Waals surface area contributed by atoms with E-state index in [-0.39, 0.29) is 12.3 Å². The van der Waals surface area contributed by atoms with E-state index in [1.807, 2.05) is 43.3 Å². The molecule has 6 nitrogen and oxygen atoms in total. The van der Waals surface area contributed by atoms with Crippen molar-refractivity contribution in [1.29, 1.82) is 0 Å². The number of carbonyl (C=O) groups is 2. The van der Waals surface area contributed by atoms with Crippen LogP contribution >= 0.6 is 15.9 Å². The van der Waals surface area contributed by atoms with Crippen molar-refractivity contribution in [3.05, 3.63) is 58.2 Å². The predicted octanol–water partition coefficient (Wildman–Crippen LogP) is 2.94. The molecule has 0 saturated carbocycles. The summed E-state index contributed by atoms with van der Waals surface area (Å²) in [6, 6.07) is 10.3. The molecule has 25 heavy (non-hydrogen) atoms. The minimum atomic E-state index is -0.492. The molecule has 132 valence electrons. The standard InChI is InChI=1S/C18H20BrN3O3/c1-22(2)16-10-13(7-8-20-16)18(24)21-15(11-17(23)25-3)12-5-4-6-14(19)9-12/h4-10,15H,11H2,1-3H3,(H,21,24). The number of rotatable bonds is 6. The van der Waals surface area contributed by atoms with E-state index in [1.165, 1.54) is 7.11 Å². The molecule has 2 rings (SSSR count). The molecule has 1 aromatic carbocycles. The van der Waals surface area contributed by atoms with Crippen LogP contribution in [-0.4, -0.2) is 38.1 Å². The van der Waals surface area contributed by atoms with Crippen molar-refractivity contribution in [3.8, 4) is 0 Å². The van der Waals surface area contributed by atoms with Gasteiger partial charge in [0.05, 0.1) is 19.6 Å². The lowest BCUT2D eigenvalue weighted by atomic mass is 10.0. The van der Waals surface area contributed by atoms with Crippen LogP contribution in [0.5, 0.6) is 0 Å². The van der Waals surface area contributed by atoms with Gasteiger partial charge in [0, 0.05) is 30.3 Å². The van der Waals surface area contributed by atoms with Crippen LogP contribution in [-0.2, 0) is 9.53 Å². The number of hydrogen-bond acceptors (Lipinski definition) is 5. The molecule has 1 N–H and O–H groups in total. The smallest absolute Gasteiger partial charge is 0.307 e. The number of nitrogens with zero attached hydrogens (tertiary/aromatic N) is 2. The van der Waals surface area contributed by atoms with Crippen molar-refractivity contribution in [2.45, 2.75) is 12.5 Å². The number of ether oxygens (including phenoxy) is 1. The number of methoxy groups -OCH3 is 1. The molecule has 1 unspecified atom stereocenters.